The van der Waals surface area contributed by atoms with E-state index in [1.165, 1.54) is 32.1 Å². The van der Waals surface area contributed by atoms with Crippen LogP contribution in [0.4, 0.5) is 0 Å². The van der Waals surface area contributed by atoms with Crippen molar-refractivity contribution in [2.75, 3.05) is 33.4 Å². The molecule has 1 aliphatic rings. The molecule has 1 fully saturated rings. The fraction of sp³-hybridized carbons (Fsp3) is 1.00. The lowest BCUT2D eigenvalue weighted by Gasteiger charge is -2.40. The van der Waals surface area contributed by atoms with Gasteiger partial charge < -0.3 is 14.8 Å². The van der Waals surface area contributed by atoms with Crippen molar-refractivity contribution < 1.29 is 9.47 Å². The first kappa shape index (κ1) is 14.9. The Bertz CT molecular complexity index is 183. The van der Waals surface area contributed by atoms with Crippen LogP contribution in [0, 0.1) is 5.92 Å². The molecule has 17 heavy (non-hydrogen) atoms. The van der Waals surface area contributed by atoms with Crippen molar-refractivity contribution in [1.29, 1.82) is 0 Å². The van der Waals surface area contributed by atoms with E-state index in [0.29, 0.717) is 6.61 Å². The highest BCUT2D eigenvalue weighted by Crippen LogP contribution is 2.35. The minimum atomic E-state index is 0.0697. The molecular formula is C14H29NO2. The number of hydrogen-bond donors (Lipinski definition) is 1. The largest absolute Gasteiger partial charge is 0.382 e. The molecule has 0 atom stereocenters. The van der Waals surface area contributed by atoms with Gasteiger partial charge in [0.2, 0.25) is 0 Å². The van der Waals surface area contributed by atoms with Crippen LogP contribution in [-0.4, -0.2) is 39.0 Å². The molecule has 1 saturated carbocycles. The number of hydrogen-bond acceptors (Lipinski definition) is 3. The summed E-state index contributed by atoms with van der Waals surface area (Å²) in [5.74, 6) is 0.913. The van der Waals surface area contributed by atoms with Gasteiger partial charge in [-0.05, 0) is 38.1 Å². The van der Waals surface area contributed by atoms with Gasteiger partial charge in [-0.3, -0.25) is 0 Å². The fourth-order valence-corrected chi connectivity index (χ4v) is 2.68. The van der Waals surface area contributed by atoms with Gasteiger partial charge in [-0.25, -0.2) is 0 Å². The molecule has 0 heterocycles. The average molecular weight is 243 g/mol. The summed E-state index contributed by atoms with van der Waals surface area (Å²) in [6, 6.07) is 0. The Morgan fingerprint density at radius 1 is 1.18 bits per heavy atom. The first-order valence-corrected chi connectivity index (χ1v) is 7.10. The summed E-state index contributed by atoms with van der Waals surface area (Å²) in [6.45, 7) is 7.88. The second-order valence-corrected chi connectivity index (χ2v) is 5.16. The smallest absolute Gasteiger partial charge is 0.0807 e. The maximum Gasteiger partial charge on any atom is 0.0807 e. The van der Waals surface area contributed by atoms with Crippen molar-refractivity contribution in [3.8, 4) is 0 Å². The molecule has 0 aliphatic heterocycles. The number of ether oxygens (including phenoxy) is 2. The maximum atomic E-state index is 6.12. The number of likely N-dealkylation sites (N-methyl/N-ethyl adjacent to an activating group) is 1. The van der Waals surface area contributed by atoms with Crippen molar-refractivity contribution in [3.05, 3.63) is 0 Å². The normalized spacial score (nSPS) is 29.5. The van der Waals surface area contributed by atoms with Crippen LogP contribution in [0.5, 0.6) is 0 Å². The molecule has 3 nitrogen and oxygen atoms in total. The molecule has 0 aromatic heterocycles. The third kappa shape index (κ3) is 4.94. The molecule has 1 rings (SSSR count). The van der Waals surface area contributed by atoms with Gasteiger partial charge in [0.25, 0.3) is 0 Å². The van der Waals surface area contributed by atoms with Crippen LogP contribution in [-0.2, 0) is 9.47 Å². The van der Waals surface area contributed by atoms with Gasteiger partial charge in [0.15, 0.2) is 0 Å². The van der Waals surface area contributed by atoms with E-state index in [-0.39, 0.29) is 5.60 Å². The summed E-state index contributed by atoms with van der Waals surface area (Å²) < 4.78 is 11.2. The standard InChI is InChI=1S/C14H29NO2/c1-4-13-6-8-14(9-7-13,12-15-5-2)17-11-10-16-3/h13,15H,4-12H2,1-3H3. The van der Waals surface area contributed by atoms with Crippen LogP contribution >= 0.6 is 0 Å². The summed E-state index contributed by atoms with van der Waals surface area (Å²) in [5, 5.41) is 3.45. The highest BCUT2D eigenvalue weighted by molar-refractivity contribution is 4.89. The van der Waals surface area contributed by atoms with Crippen molar-refractivity contribution in [2.24, 2.45) is 5.92 Å². The Hall–Kier alpha value is -0.120. The van der Waals surface area contributed by atoms with Gasteiger partial charge >= 0.3 is 0 Å². The van der Waals surface area contributed by atoms with E-state index in [1.54, 1.807) is 7.11 Å². The van der Waals surface area contributed by atoms with E-state index in [9.17, 15) is 0 Å². The van der Waals surface area contributed by atoms with E-state index >= 15 is 0 Å². The molecule has 0 unspecified atom stereocenters. The predicted molar refractivity (Wildman–Crippen MR) is 71.4 cm³/mol. The number of methoxy groups -OCH3 is 1. The molecule has 0 spiro atoms. The summed E-state index contributed by atoms with van der Waals surface area (Å²) in [6.07, 6.45) is 6.34. The molecule has 0 saturated heterocycles. The predicted octanol–water partition coefficient (Wildman–Crippen LogP) is 2.60. The highest BCUT2D eigenvalue weighted by Gasteiger charge is 2.35. The van der Waals surface area contributed by atoms with E-state index in [1.807, 2.05) is 0 Å². The van der Waals surface area contributed by atoms with Gasteiger partial charge in [-0.2, -0.15) is 0 Å². The Balaban J connectivity index is 2.42. The zero-order valence-electron chi connectivity index (χ0n) is 11.8. The first-order valence-electron chi connectivity index (χ1n) is 7.10. The van der Waals surface area contributed by atoms with Crippen LogP contribution in [0.2, 0.25) is 0 Å². The van der Waals surface area contributed by atoms with Crippen LogP contribution in [0.25, 0.3) is 0 Å². The Kier molecular flexibility index (Phi) is 7.09. The number of nitrogens with one attached hydrogen (secondary N) is 1. The zero-order valence-corrected chi connectivity index (χ0v) is 11.8. The summed E-state index contributed by atoms with van der Waals surface area (Å²) in [5.41, 5.74) is 0.0697. The topological polar surface area (TPSA) is 30.5 Å². The third-order valence-corrected chi connectivity index (χ3v) is 3.99. The van der Waals surface area contributed by atoms with Gasteiger partial charge in [0.1, 0.15) is 0 Å². The van der Waals surface area contributed by atoms with Crippen LogP contribution < -0.4 is 5.32 Å². The second kappa shape index (κ2) is 8.06. The minimum Gasteiger partial charge on any atom is -0.382 e. The average Bonchev–Trinajstić information content (AvgIpc) is 2.38. The molecule has 0 aromatic rings. The molecular weight excluding hydrogens is 214 g/mol. The van der Waals surface area contributed by atoms with Gasteiger partial charge in [0.05, 0.1) is 18.8 Å². The van der Waals surface area contributed by atoms with Crippen molar-refractivity contribution in [2.45, 2.75) is 51.6 Å². The summed E-state index contributed by atoms with van der Waals surface area (Å²) in [7, 11) is 1.73. The van der Waals surface area contributed by atoms with Crippen LogP contribution in [0.1, 0.15) is 46.0 Å². The SMILES string of the molecule is CCNCC1(OCCOC)CCC(CC)CC1. The third-order valence-electron chi connectivity index (χ3n) is 3.99. The Labute approximate surface area is 106 Å². The Morgan fingerprint density at radius 3 is 2.41 bits per heavy atom. The minimum absolute atomic E-state index is 0.0697. The lowest BCUT2D eigenvalue weighted by Crippen LogP contribution is -2.46. The van der Waals surface area contributed by atoms with Crippen molar-refractivity contribution in [3.63, 3.8) is 0 Å². The molecule has 0 bridgehead atoms. The molecule has 0 aromatic carbocycles. The first-order chi connectivity index (χ1) is 8.26. The van der Waals surface area contributed by atoms with Gasteiger partial charge in [0, 0.05) is 13.7 Å². The molecule has 102 valence electrons. The van der Waals surface area contributed by atoms with E-state index < -0.39 is 0 Å². The lowest BCUT2D eigenvalue weighted by atomic mass is 9.77. The van der Waals surface area contributed by atoms with Crippen molar-refractivity contribution >= 4 is 0 Å². The zero-order chi connectivity index (χ0) is 12.6. The summed E-state index contributed by atoms with van der Waals surface area (Å²) in [4.78, 5) is 0. The van der Waals surface area contributed by atoms with Gasteiger partial charge in [-0.15, -0.1) is 0 Å². The van der Waals surface area contributed by atoms with E-state index in [0.717, 1.165) is 25.6 Å². The second-order valence-electron chi connectivity index (χ2n) is 5.16. The summed E-state index contributed by atoms with van der Waals surface area (Å²) >= 11 is 0. The lowest BCUT2D eigenvalue weighted by molar-refractivity contribution is -0.0890. The molecule has 1 N–H and O–H groups in total. The fourth-order valence-electron chi connectivity index (χ4n) is 2.68. The maximum absolute atomic E-state index is 6.12. The van der Waals surface area contributed by atoms with Crippen LogP contribution in [0.15, 0.2) is 0 Å². The van der Waals surface area contributed by atoms with Crippen molar-refractivity contribution in [1.82, 2.24) is 5.32 Å². The van der Waals surface area contributed by atoms with Crippen LogP contribution in [0.3, 0.4) is 0 Å². The molecule has 0 amide bonds. The van der Waals surface area contributed by atoms with E-state index in [4.69, 9.17) is 9.47 Å². The molecule has 0 radical (unpaired) electrons. The molecule has 1 aliphatic carbocycles. The highest BCUT2D eigenvalue weighted by atomic mass is 16.5. The van der Waals surface area contributed by atoms with Gasteiger partial charge in [-0.1, -0.05) is 20.3 Å². The Morgan fingerprint density at radius 2 is 1.88 bits per heavy atom. The van der Waals surface area contributed by atoms with E-state index in [2.05, 4.69) is 19.2 Å². The number of rotatable bonds is 8. The quantitative estimate of drug-likeness (QED) is 0.665. The monoisotopic (exact) mass is 243 g/mol. The molecule has 3 heteroatoms.